The average molecular weight is 290 g/mol. The maximum Gasteiger partial charge on any atom is 0.322 e. The largest absolute Gasteiger partial charge is 0.406 e. The Hall–Kier alpha value is -2.28. The molecule has 0 aliphatic carbocycles. The Labute approximate surface area is 120 Å². The Kier molecular flexibility index (Phi) is 3.92. The molecule has 1 aliphatic heterocycles. The quantitative estimate of drug-likeness (QED) is 0.897. The molecule has 7 heteroatoms. The Bertz CT molecular complexity index is 637. The predicted octanol–water partition coefficient (Wildman–Crippen LogP) is 1.81. The summed E-state index contributed by atoms with van der Waals surface area (Å²) >= 11 is 0. The summed E-state index contributed by atoms with van der Waals surface area (Å²) in [7, 11) is 0. The molecule has 1 aliphatic rings. The first-order valence-corrected chi connectivity index (χ1v) is 6.82. The third-order valence-electron chi connectivity index (χ3n) is 3.35. The first-order valence-electron chi connectivity index (χ1n) is 6.82. The summed E-state index contributed by atoms with van der Waals surface area (Å²) in [6.07, 6.45) is 1.92. The van der Waals surface area contributed by atoms with Gasteiger partial charge in [-0.1, -0.05) is 23.3 Å². The van der Waals surface area contributed by atoms with E-state index in [1.54, 1.807) is 18.2 Å². The summed E-state index contributed by atoms with van der Waals surface area (Å²) in [5, 5.41) is 13.4. The smallest absolute Gasteiger partial charge is 0.322 e. The van der Waals surface area contributed by atoms with Gasteiger partial charge in [0, 0.05) is 0 Å². The number of carbonyl (C=O) groups excluding carboxylic acids is 1. The van der Waals surface area contributed by atoms with Crippen molar-refractivity contribution in [2.24, 2.45) is 0 Å². The molecule has 1 saturated heterocycles. The molecule has 2 N–H and O–H groups in total. The fraction of sp³-hybridized carbons (Fsp3) is 0.357. The molecule has 0 bridgehead atoms. The lowest BCUT2D eigenvalue weighted by Crippen LogP contribution is -2.15. The molecule has 1 unspecified atom stereocenters. The molecule has 1 aromatic heterocycles. The molecule has 1 amide bonds. The van der Waals surface area contributed by atoms with Gasteiger partial charge in [-0.2, -0.15) is 0 Å². The molecule has 0 radical (unpaired) electrons. The van der Waals surface area contributed by atoms with Crippen molar-refractivity contribution < 1.29 is 13.6 Å². The number of benzene rings is 1. The van der Waals surface area contributed by atoms with Gasteiger partial charge >= 0.3 is 6.01 Å². The van der Waals surface area contributed by atoms with E-state index in [2.05, 4.69) is 20.8 Å². The molecule has 2 aromatic rings. The molecule has 2 heterocycles. The van der Waals surface area contributed by atoms with Gasteiger partial charge in [0.05, 0.1) is 12.5 Å². The highest BCUT2D eigenvalue weighted by atomic mass is 19.1. The second-order valence-corrected chi connectivity index (χ2v) is 4.91. The number of carbonyl (C=O) groups is 1. The van der Waals surface area contributed by atoms with Crippen LogP contribution in [0.2, 0.25) is 0 Å². The SMILES string of the molecule is O=C(Cc1ccccc1F)Nc1nnc(C2CCCN2)o1. The van der Waals surface area contributed by atoms with Crippen molar-refractivity contribution in [2.75, 3.05) is 11.9 Å². The normalized spacial score (nSPS) is 17.9. The van der Waals surface area contributed by atoms with Crippen LogP contribution in [0.3, 0.4) is 0 Å². The maximum absolute atomic E-state index is 13.5. The van der Waals surface area contributed by atoms with E-state index >= 15 is 0 Å². The van der Waals surface area contributed by atoms with Gasteiger partial charge in [-0.25, -0.2) is 4.39 Å². The number of aromatic nitrogens is 2. The van der Waals surface area contributed by atoms with E-state index in [4.69, 9.17) is 4.42 Å². The van der Waals surface area contributed by atoms with Crippen LogP contribution in [0.1, 0.15) is 30.3 Å². The summed E-state index contributed by atoms with van der Waals surface area (Å²) < 4.78 is 18.9. The number of halogens is 1. The number of nitrogens with one attached hydrogen (secondary N) is 2. The van der Waals surface area contributed by atoms with Gasteiger partial charge in [0.15, 0.2) is 0 Å². The zero-order valence-electron chi connectivity index (χ0n) is 11.3. The first kappa shape index (κ1) is 13.7. The van der Waals surface area contributed by atoms with Crippen LogP contribution >= 0.6 is 0 Å². The van der Waals surface area contributed by atoms with Crippen LogP contribution < -0.4 is 10.6 Å². The molecule has 110 valence electrons. The monoisotopic (exact) mass is 290 g/mol. The molecule has 3 rings (SSSR count). The molecule has 1 fully saturated rings. The van der Waals surface area contributed by atoms with E-state index in [1.807, 2.05) is 0 Å². The van der Waals surface area contributed by atoms with Gasteiger partial charge in [0.2, 0.25) is 11.8 Å². The van der Waals surface area contributed by atoms with Crippen LogP contribution in [-0.2, 0) is 11.2 Å². The maximum atomic E-state index is 13.5. The third-order valence-corrected chi connectivity index (χ3v) is 3.35. The van der Waals surface area contributed by atoms with Crippen molar-refractivity contribution in [1.82, 2.24) is 15.5 Å². The summed E-state index contributed by atoms with van der Waals surface area (Å²) in [4.78, 5) is 11.8. The number of rotatable bonds is 4. The molecule has 1 atom stereocenters. The van der Waals surface area contributed by atoms with Crippen LogP contribution in [0, 0.1) is 5.82 Å². The minimum atomic E-state index is -0.408. The minimum absolute atomic E-state index is 0.0417. The topological polar surface area (TPSA) is 80.0 Å². The molecule has 0 spiro atoms. The van der Waals surface area contributed by atoms with Crippen molar-refractivity contribution >= 4 is 11.9 Å². The Morgan fingerprint density at radius 1 is 1.43 bits per heavy atom. The summed E-state index contributed by atoms with van der Waals surface area (Å²) in [5.74, 6) is -0.336. The lowest BCUT2D eigenvalue weighted by Gasteiger charge is -2.03. The summed E-state index contributed by atoms with van der Waals surface area (Å²) in [5.41, 5.74) is 0.326. The minimum Gasteiger partial charge on any atom is -0.406 e. The van der Waals surface area contributed by atoms with Crippen molar-refractivity contribution in [1.29, 1.82) is 0 Å². The molecule has 21 heavy (non-hydrogen) atoms. The number of anilines is 1. The average Bonchev–Trinajstić information content (AvgIpc) is 3.12. The number of amides is 1. The summed E-state index contributed by atoms with van der Waals surface area (Å²) in [6.45, 7) is 0.919. The third kappa shape index (κ3) is 3.25. The lowest BCUT2D eigenvalue weighted by atomic mass is 10.1. The fourth-order valence-corrected chi connectivity index (χ4v) is 2.30. The lowest BCUT2D eigenvalue weighted by molar-refractivity contribution is -0.115. The molecular weight excluding hydrogens is 275 g/mol. The highest BCUT2D eigenvalue weighted by molar-refractivity contribution is 5.90. The standard InChI is InChI=1S/C14H15FN4O2/c15-10-5-2-1-4-9(10)8-12(20)17-14-19-18-13(21-14)11-6-3-7-16-11/h1-2,4-5,11,16H,3,6-8H2,(H,17,19,20). The van der Waals surface area contributed by atoms with E-state index in [9.17, 15) is 9.18 Å². The van der Waals surface area contributed by atoms with E-state index in [0.29, 0.717) is 11.5 Å². The zero-order valence-corrected chi connectivity index (χ0v) is 11.3. The highest BCUT2D eigenvalue weighted by Crippen LogP contribution is 2.22. The van der Waals surface area contributed by atoms with Crippen LogP contribution in [0.4, 0.5) is 10.4 Å². The predicted molar refractivity (Wildman–Crippen MR) is 73.0 cm³/mol. The molecule has 0 saturated carbocycles. The molecule has 6 nitrogen and oxygen atoms in total. The molecular formula is C14H15FN4O2. The van der Waals surface area contributed by atoms with Gasteiger partial charge in [0.1, 0.15) is 5.82 Å². The van der Waals surface area contributed by atoms with Gasteiger partial charge in [-0.05, 0) is 31.0 Å². The Balaban J connectivity index is 1.61. The Morgan fingerprint density at radius 3 is 3.05 bits per heavy atom. The van der Waals surface area contributed by atoms with Crippen molar-refractivity contribution in [3.63, 3.8) is 0 Å². The van der Waals surface area contributed by atoms with E-state index in [1.165, 1.54) is 6.07 Å². The first-order chi connectivity index (χ1) is 10.2. The Morgan fingerprint density at radius 2 is 2.29 bits per heavy atom. The van der Waals surface area contributed by atoms with Crippen LogP contribution in [-0.4, -0.2) is 22.6 Å². The van der Waals surface area contributed by atoms with Gasteiger partial charge in [-0.3, -0.25) is 10.1 Å². The second kappa shape index (κ2) is 6.01. The van der Waals surface area contributed by atoms with E-state index in [-0.39, 0.29) is 18.5 Å². The van der Waals surface area contributed by atoms with Crippen molar-refractivity contribution in [3.8, 4) is 0 Å². The van der Waals surface area contributed by atoms with Gasteiger partial charge in [-0.15, -0.1) is 5.10 Å². The van der Waals surface area contributed by atoms with Crippen molar-refractivity contribution in [2.45, 2.75) is 25.3 Å². The number of nitrogens with zero attached hydrogens (tertiary/aromatic N) is 2. The van der Waals surface area contributed by atoms with E-state index in [0.717, 1.165) is 19.4 Å². The molecule has 1 aromatic carbocycles. The fourth-order valence-electron chi connectivity index (χ4n) is 2.30. The second-order valence-electron chi connectivity index (χ2n) is 4.91. The summed E-state index contributed by atoms with van der Waals surface area (Å²) in [6, 6.07) is 6.24. The van der Waals surface area contributed by atoms with E-state index < -0.39 is 11.7 Å². The van der Waals surface area contributed by atoms with Crippen LogP contribution in [0.15, 0.2) is 28.7 Å². The van der Waals surface area contributed by atoms with Gasteiger partial charge in [0.25, 0.3) is 0 Å². The van der Waals surface area contributed by atoms with Crippen LogP contribution in [0.5, 0.6) is 0 Å². The highest BCUT2D eigenvalue weighted by Gasteiger charge is 2.22. The number of hydrogen-bond donors (Lipinski definition) is 2. The van der Waals surface area contributed by atoms with Gasteiger partial charge < -0.3 is 9.73 Å². The van der Waals surface area contributed by atoms with Crippen LogP contribution in [0.25, 0.3) is 0 Å². The van der Waals surface area contributed by atoms with Crippen molar-refractivity contribution in [3.05, 3.63) is 41.5 Å². The zero-order chi connectivity index (χ0) is 14.7. The number of hydrogen-bond acceptors (Lipinski definition) is 5.